The third-order valence-corrected chi connectivity index (χ3v) is 6.33. The lowest BCUT2D eigenvalue weighted by Gasteiger charge is -2.26. The highest BCUT2D eigenvalue weighted by molar-refractivity contribution is 8.00. The summed E-state index contributed by atoms with van der Waals surface area (Å²) in [5.41, 5.74) is 1.12. The largest absolute Gasteiger partial charge is 0.485 e. The van der Waals surface area contributed by atoms with Crippen LogP contribution in [-0.2, 0) is 18.4 Å². The van der Waals surface area contributed by atoms with Crippen molar-refractivity contribution in [1.82, 2.24) is 19.7 Å². The van der Waals surface area contributed by atoms with Crippen molar-refractivity contribution >= 4 is 17.7 Å². The van der Waals surface area contributed by atoms with Crippen molar-refractivity contribution in [1.29, 1.82) is 0 Å². The standard InChI is InChI=1S/C23H26N4O3S/c1-4-27(14-17-10-6-5-7-11-17)22(28)16(2)31-23-25-24-21(26(23)3)20-15-29-18-12-8-9-13-19(18)30-20/h5-13,16,20H,4,14-15H2,1-3H3/t16-,20-/m1/s1. The number of carbonyl (C=O) groups excluding carboxylic acids is 1. The summed E-state index contributed by atoms with van der Waals surface area (Å²) in [5, 5.41) is 9.01. The van der Waals surface area contributed by atoms with Crippen molar-refractivity contribution in [2.75, 3.05) is 13.2 Å². The average Bonchev–Trinajstić information content (AvgIpc) is 3.17. The topological polar surface area (TPSA) is 69.5 Å². The fourth-order valence-corrected chi connectivity index (χ4v) is 4.38. The molecule has 4 rings (SSSR count). The Labute approximate surface area is 186 Å². The highest BCUT2D eigenvalue weighted by Gasteiger charge is 2.29. The van der Waals surface area contributed by atoms with Crippen molar-refractivity contribution in [3.8, 4) is 11.5 Å². The van der Waals surface area contributed by atoms with Gasteiger partial charge in [0.15, 0.2) is 28.6 Å². The first kappa shape index (κ1) is 21.2. The van der Waals surface area contributed by atoms with Crippen LogP contribution < -0.4 is 9.47 Å². The summed E-state index contributed by atoms with van der Waals surface area (Å²) in [4.78, 5) is 14.9. The normalized spacial score (nSPS) is 16.0. The first-order chi connectivity index (χ1) is 15.1. The number of fused-ring (bicyclic) bond motifs is 1. The number of benzene rings is 2. The van der Waals surface area contributed by atoms with Gasteiger partial charge in [-0.25, -0.2) is 0 Å². The molecule has 0 N–H and O–H groups in total. The quantitative estimate of drug-likeness (QED) is 0.522. The molecule has 0 radical (unpaired) electrons. The second kappa shape index (κ2) is 9.43. The fourth-order valence-electron chi connectivity index (χ4n) is 3.47. The van der Waals surface area contributed by atoms with Crippen LogP contribution in [0.15, 0.2) is 59.8 Å². The number of thioether (sulfide) groups is 1. The van der Waals surface area contributed by atoms with E-state index in [0.29, 0.717) is 36.4 Å². The molecule has 0 unspecified atom stereocenters. The molecule has 0 bridgehead atoms. The van der Waals surface area contributed by atoms with E-state index in [1.165, 1.54) is 11.8 Å². The molecular formula is C23H26N4O3S. The van der Waals surface area contributed by atoms with Gasteiger partial charge in [-0.2, -0.15) is 0 Å². The molecule has 1 aliphatic heterocycles. The Kier molecular flexibility index (Phi) is 6.46. The summed E-state index contributed by atoms with van der Waals surface area (Å²) < 4.78 is 13.7. The van der Waals surface area contributed by atoms with Gasteiger partial charge in [0.05, 0.1) is 5.25 Å². The third-order valence-electron chi connectivity index (χ3n) is 5.20. The Bertz CT molecular complexity index is 1040. The van der Waals surface area contributed by atoms with Gasteiger partial charge < -0.3 is 18.9 Å². The summed E-state index contributed by atoms with van der Waals surface area (Å²) in [6.07, 6.45) is -0.349. The van der Waals surface area contributed by atoms with E-state index in [2.05, 4.69) is 10.2 Å². The number of hydrogen-bond acceptors (Lipinski definition) is 6. The molecule has 162 valence electrons. The first-order valence-electron chi connectivity index (χ1n) is 10.3. The summed E-state index contributed by atoms with van der Waals surface area (Å²) >= 11 is 1.40. The number of para-hydroxylation sites is 2. The van der Waals surface area contributed by atoms with Gasteiger partial charge in [0.2, 0.25) is 5.91 Å². The Balaban J connectivity index is 1.42. The molecule has 7 nitrogen and oxygen atoms in total. The van der Waals surface area contributed by atoms with E-state index in [0.717, 1.165) is 11.3 Å². The smallest absolute Gasteiger partial charge is 0.236 e. The molecule has 2 heterocycles. The van der Waals surface area contributed by atoms with Crippen molar-refractivity contribution in [2.45, 2.75) is 36.9 Å². The molecule has 31 heavy (non-hydrogen) atoms. The van der Waals surface area contributed by atoms with Crippen LogP contribution in [0, 0.1) is 0 Å². The molecule has 0 aliphatic carbocycles. The molecule has 0 spiro atoms. The maximum absolute atomic E-state index is 13.0. The number of hydrogen-bond donors (Lipinski definition) is 0. The lowest BCUT2D eigenvalue weighted by Crippen LogP contribution is -2.36. The van der Waals surface area contributed by atoms with E-state index >= 15 is 0 Å². The number of carbonyl (C=O) groups is 1. The highest BCUT2D eigenvalue weighted by Crippen LogP contribution is 2.36. The van der Waals surface area contributed by atoms with Gasteiger partial charge in [-0.1, -0.05) is 54.2 Å². The maximum atomic E-state index is 13.0. The van der Waals surface area contributed by atoms with Gasteiger partial charge >= 0.3 is 0 Å². The summed E-state index contributed by atoms with van der Waals surface area (Å²) in [6.45, 7) is 5.51. The van der Waals surface area contributed by atoms with Gasteiger partial charge in [-0.05, 0) is 31.5 Å². The van der Waals surface area contributed by atoms with Gasteiger partial charge in [0, 0.05) is 20.1 Å². The molecule has 2 aromatic carbocycles. The van der Waals surface area contributed by atoms with E-state index in [1.54, 1.807) is 0 Å². The molecule has 1 aromatic heterocycles. The second-order valence-corrected chi connectivity index (χ2v) is 8.67. The summed E-state index contributed by atoms with van der Waals surface area (Å²) in [5.74, 6) is 2.17. The van der Waals surface area contributed by atoms with E-state index in [9.17, 15) is 4.79 Å². The van der Waals surface area contributed by atoms with Crippen molar-refractivity contribution in [3.63, 3.8) is 0 Å². The van der Waals surface area contributed by atoms with Gasteiger partial charge in [-0.3, -0.25) is 4.79 Å². The van der Waals surface area contributed by atoms with Crippen molar-refractivity contribution in [2.24, 2.45) is 7.05 Å². The monoisotopic (exact) mass is 438 g/mol. The lowest BCUT2D eigenvalue weighted by atomic mass is 10.2. The molecule has 1 aliphatic rings. The van der Waals surface area contributed by atoms with Crippen LogP contribution in [0.25, 0.3) is 0 Å². The van der Waals surface area contributed by atoms with E-state index in [1.807, 2.05) is 85.0 Å². The minimum absolute atomic E-state index is 0.0760. The molecule has 0 saturated carbocycles. The van der Waals surface area contributed by atoms with Gasteiger partial charge in [-0.15, -0.1) is 10.2 Å². The van der Waals surface area contributed by atoms with Crippen LogP contribution in [-0.4, -0.2) is 44.0 Å². The van der Waals surface area contributed by atoms with Crippen molar-refractivity contribution in [3.05, 3.63) is 66.0 Å². The fraction of sp³-hybridized carbons (Fsp3) is 0.348. The number of amides is 1. The molecule has 0 saturated heterocycles. The van der Waals surface area contributed by atoms with Crippen LogP contribution in [0.2, 0.25) is 0 Å². The van der Waals surface area contributed by atoms with Crippen LogP contribution in [0.5, 0.6) is 11.5 Å². The molecule has 8 heteroatoms. The molecule has 3 aromatic rings. The number of rotatable bonds is 7. The zero-order valence-corrected chi connectivity index (χ0v) is 18.7. The minimum Gasteiger partial charge on any atom is -0.485 e. The zero-order chi connectivity index (χ0) is 21.8. The molecule has 2 atom stereocenters. The average molecular weight is 439 g/mol. The highest BCUT2D eigenvalue weighted by atomic mass is 32.2. The molecule has 0 fully saturated rings. The van der Waals surface area contributed by atoms with Crippen LogP contribution in [0.3, 0.4) is 0 Å². The van der Waals surface area contributed by atoms with Crippen LogP contribution in [0.1, 0.15) is 31.3 Å². The van der Waals surface area contributed by atoms with Gasteiger partial charge in [0.1, 0.15) is 6.61 Å². The molecule has 1 amide bonds. The number of ether oxygens (including phenoxy) is 2. The summed E-state index contributed by atoms with van der Waals surface area (Å²) in [7, 11) is 1.89. The Morgan fingerprint density at radius 2 is 1.87 bits per heavy atom. The SMILES string of the molecule is CCN(Cc1ccccc1)C(=O)[C@@H](C)Sc1nnc([C@H]2COc3ccccc3O2)n1C. The Morgan fingerprint density at radius 1 is 1.16 bits per heavy atom. The molecular weight excluding hydrogens is 412 g/mol. The Morgan fingerprint density at radius 3 is 2.61 bits per heavy atom. The third kappa shape index (κ3) is 4.69. The number of aromatic nitrogens is 3. The first-order valence-corrected chi connectivity index (χ1v) is 11.2. The second-order valence-electron chi connectivity index (χ2n) is 7.36. The van der Waals surface area contributed by atoms with Crippen LogP contribution >= 0.6 is 11.8 Å². The van der Waals surface area contributed by atoms with Gasteiger partial charge in [0.25, 0.3) is 0 Å². The zero-order valence-electron chi connectivity index (χ0n) is 17.9. The summed E-state index contributed by atoms with van der Waals surface area (Å²) in [6, 6.07) is 17.6. The minimum atomic E-state index is -0.349. The van der Waals surface area contributed by atoms with E-state index in [-0.39, 0.29) is 17.3 Å². The van der Waals surface area contributed by atoms with E-state index in [4.69, 9.17) is 9.47 Å². The Hall–Kier alpha value is -3.00. The predicted molar refractivity (Wildman–Crippen MR) is 119 cm³/mol. The lowest BCUT2D eigenvalue weighted by molar-refractivity contribution is -0.130. The maximum Gasteiger partial charge on any atom is 0.236 e. The predicted octanol–water partition coefficient (Wildman–Crippen LogP) is 3.86. The van der Waals surface area contributed by atoms with E-state index < -0.39 is 0 Å². The van der Waals surface area contributed by atoms with Crippen molar-refractivity contribution < 1.29 is 14.3 Å². The number of nitrogens with zero attached hydrogens (tertiary/aromatic N) is 4. The van der Waals surface area contributed by atoms with Crippen LogP contribution in [0.4, 0.5) is 0 Å².